The van der Waals surface area contributed by atoms with Gasteiger partial charge in [0.05, 0.1) is 12.7 Å². The van der Waals surface area contributed by atoms with Crippen LogP contribution in [-0.4, -0.2) is 52.6 Å². The maximum absolute atomic E-state index is 11.4. The number of carbonyl (C=O) groups excluding carboxylic acids is 1. The van der Waals surface area contributed by atoms with E-state index in [9.17, 15) is 9.90 Å². The number of nitrogens with one attached hydrogen (secondary N) is 2. The predicted molar refractivity (Wildman–Crippen MR) is 51.3 cm³/mol. The van der Waals surface area contributed by atoms with E-state index < -0.39 is 12.0 Å². The normalized spacial score (nSPS) is 12.5. The van der Waals surface area contributed by atoms with Crippen molar-refractivity contribution in [1.29, 1.82) is 0 Å². The van der Waals surface area contributed by atoms with Crippen molar-refractivity contribution in [2.45, 2.75) is 13.0 Å². The number of nitrogens with zero attached hydrogens (tertiary/aromatic N) is 2. The number of hydrogen-bond acceptors (Lipinski definition) is 5. The lowest BCUT2D eigenvalue weighted by Gasteiger charge is -2.08. The fourth-order valence-electron chi connectivity index (χ4n) is 0.985. The molecule has 0 aliphatic carbocycles. The maximum Gasteiger partial charge on any atom is 0.291 e. The topological polar surface area (TPSA) is 100 Å². The van der Waals surface area contributed by atoms with Gasteiger partial charge in [-0.1, -0.05) is 0 Å². The fourth-order valence-corrected chi connectivity index (χ4v) is 0.985. The van der Waals surface area contributed by atoms with E-state index >= 15 is 0 Å². The largest absolute Gasteiger partial charge is 0.389 e. The van der Waals surface area contributed by atoms with E-state index in [1.54, 1.807) is 6.92 Å². The molecular formula is C8H14N4O3. The number of H-pyrrole nitrogens is 1. The Morgan fingerprint density at radius 3 is 3.00 bits per heavy atom. The molecule has 1 unspecified atom stereocenters. The molecule has 0 radical (unpaired) electrons. The van der Waals surface area contributed by atoms with Gasteiger partial charge in [-0.2, -0.15) is 0 Å². The second-order valence-corrected chi connectivity index (χ2v) is 3.06. The number of methoxy groups -OCH3 is 1. The first kappa shape index (κ1) is 11.6. The van der Waals surface area contributed by atoms with Gasteiger partial charge in [0.15, 0.2) is 0 Å². The first-order valence-corrected chi connectivity index (χ1v) is 4.47. The van der Waals surface area contributed by atoms with Gasteiger partial charge in [-0.15, -0.1) is 5.10 Å². The van der Waals surface area contributed by atoms with Crippen LogP contribution in [0.2, 0.25) is 0 Å². The van der Waals surface area contributed by atoms with Gasteiger partial charge in [-0.05, 0) is 6.92 Å². The molecular weight excluding hydrogens is 200 g/mol. The van der Waals surface area contributed by atoms with Crippen LogP contribution in [0.4, 0.5) is 0 Å². The number of rotatable bonds is 5. The molecule has 1 heterocycles. The molecule has 3 N–H and O–H groups in total. The second-order valence-electron chi connectivity index (χ2n) is 3.06. The van der Waals surface area contributed by atoms with Gasteiger partial charge in [0, 0.05) is 13.7 Å². The highest BCUT2D eigenvalue weighted by molar-refractivity contribution is 5.90. The third-order valence-electron chi connectivity index (χ3n) is 1.66. The summed E-state index contributed by atoms with van der Waals surface area (Å²) in [6, 6.07) is 0. The number of aromatic amines is 1. The van der Waals surface area contributed by atoms with Gasteiger partial charge in [0.1, 0.15) is 5.82 Å². The van der Waals surface area contributed by atoms with Crippen LogP contribution in [0.25, 0.3) is 0 Å². The van der Waals surface area contributed by atoms with Crippen LogP contribution in [-0.2, 0) is 4.74 Å². The second kappa shape index (κ2) is 5.42. The molecule has 15 heavy (non-hydrogen) atoms. The standard InChI is InChI=1S/C8H14N4O3/c1-5-10-7(12-11-5)8(14)9-3-6(13)4-15-2/h6,13H,3-4H2,1-2H3,(H,9,14)(H,10,11,12). The number of aryl methyl sites for hydroxylation is 1. The molecule has 7 nitrogen and oxygen atoms in total. The molecule has 0 aromatic carbocycles. The number of carbonyl (C=O) groups is 1. The van der Waals surface area contributed by atoms with Crippen molar-refractivity contribution in [2.75, 3.05) is 20.3 Å². The van der Waals surface area contributed by atoms with Crippen molar-refractivity contribution in [2.24, 2.45) is 0 Å². The highest BCUT2D eigenvalue weighted by Crippen LogP contribution is 1.90. The summed E-state index contributed by atoms with van der Waals surface area (Å²) in [6.07, 6.45) is -0.723. The van der Waals surface area contributed by atoms with Crippen molar-refractivity contribution >= 4 is 5.91 Å². The zero-order chi connectivity index (χ0) is 11.3. The Labute approximate surface area is 86.9 Å². The van der Waals surface area contributed by atoms with Crippen molar-refractivity contribution in [1.82, 2.24) is 20.5 Å². The number of amides is 1. The molecule has 1 aromatic rings. The zero-order valence-corrected chi connectivity index (χ0v) is 8.65. The van der Waals surface area contributed by atoms with Gasteiger partial charge < -0.3 is 15.2 Å². The number of aromatic nitrogens is 3. The van der Waals surface area contributed by atoms with E-state index in [1.165, 1.54) is 7.11 Å². The van der Waals surface area contributed by atoms with Crippen molar-refractivity contribution in [3.05, 3.63) is 11.6 Å². The minimum absolute atomic E-state index is 0.0668. The molecule has 0 bridgehead atoms. The Morgan fingerprint density at radius 2 is 2.47 bits per heavy atom. The van der Waals surface area contributed by atoms with Gasteiger partial charge in [0.25, 0.3) is 5.91 Å². The Morgan fingerprint density at radius 1 is 1.73 bits per heavy atom. The van der Waals surface area contributed by atoms with Gasteiger partial charge in [-0.3, -0.25) is 9.89 Å². The number of aliphatic hydroxyl groups excluding tert-OH is 1. The lowest BCUT2D eigenvalue weighted by molar-refractivity contribution is 0.0607. The average Bonchev–Trinajstić information content (AvgIpc) is 2.62. The molecule has 0 aliphatic heterocycles. The Bertz CT molecular complexity index is 325. The predicted octanol–water partition coefficient (Wildman–Crippen LogP) is -1.15. The summed E-state index contributed by atoms with van der Waals surface area (Å²) in [5.41, 5.74) is 0. The molecule has 1 aromatic heterocycles. The van der Waals surface area contributed by atoms with E-state index in [4.69, 9.17) is 4.74 Å². The Hall–Kier alpha value is -1.47. The molecule has 1 atom stereocenters. The third-order valence-corrected chi connectivity index (χ3v) is 1.66. The molecule has 84 valence electrons. The maximum atomic E-state index is 11.4. The van der Waals surface area contributed by atoms with Crippen LogP contribution in [0.3, 0.4) is 0 Å². The minimum atomic E-state index is -0.723. The fraction of sp³-hybridized carbons (Fsp3) is 0.625. The van der Waals surface area contributed by atoms with Crippen LogP contribution < -0.4 is 5.32 Å². The highest BCUT2D eigenvalue weighted by atomic mass is 16.5. The smallest absolute Gasteiger partial charge is 0.291 e. The van der Waals surface area contributed by atoms with Crippen LogP contribution in [0.1, 0.15) is 16.4 Å². The number of aliphatic hydroxyl groups is 1. The first-order valence-electron chi connectivity index (χ1n) is 4.47. The third kappa shape index (κ3) is 3.64. The highest BCUT2D eigenvalue weighted by Gasteiger charge is 2.12. The molecule has 1 rings (SSSR count). The summed E-state index contributed by atoms with van der Waals surface area (Å²) in [5.74, 6) is 0.212. The average molecular weight is 214 g/mol. The van der Waals surface area contributed by atoms with E-state index in [0.717, 1.165) is 0 Å². The summed E-state index contributed by atoms with van der Waals surface area (Å²) in [6.45, 7) is 1.98. The monoisotopic (exact) mass is 214 g/mol. The summed E-state index contributed by atoms with van der Waals surface area (Å²) in [4.78, 5) is 15.2. The quantitative estimate of drug-likeness (QED) is 0.574. The van der Waals surface area contributed by atoms with Crippen LogP contribution in [0.15, 0.2) is 0 Å². The zero-order valence-electron chi connectivity index (χ0n) is 8.65. The van der Waals surface area contributed by atoms with E-state index in [-0.39, 0.29) is 19.0 Å². The summed E-state index contributed by atoms with van der Waals surface area (Å²) in [5, 5.41) is 18.0. The molecule has 0 fully saturated rings. The van der Waals surface area contributed by atoms with Crippen molar-refractivity contribution in [3.8, 4) is 0 Å². The van der Waals surface area contributed by atoms with Gasteiger partial charge >= 0.3 is 0 Å². The van der Waals surface area contributed by atoms with E-state index in [0.29, 0.717) is 5.82 Å². The SMILES string of the molecule is COCC(O)CNC(=O)c1n[nH]c(C)n1. The molecule has 0 spiro atoms. The first-order chi connectivity index (χ1) is 7.13. The van der Waals surface area contributed by atoms with Crippen LogP contribution in [0.5, 0.6) is 0 Å². The van der Waals surface area contributed by atoms with E-state index in [1.807, 2.05) is 0 Å². The minimum Gasteiger partial charge on any atom is -0.389 e. The van der Waals surface area contributed by atoms with Crippen LogP contribution in [0, 0.1) is 6.92 Å². The number of hydrogen-bond donors (Lipinski definition) is 3. The van der Waals surface area contributed by atoms with Crippen molar-refractivity contribution in [3.63, 3.8) is 0 Å². The molecule has 1 amide bonds. The molecule has 0 saturated heterocycles. The number of ether oxygens (including phenoxy) is 1. The molecule has 0 aliphatic rings. The Balaban J connectivity index is 2.36. The van der Waals surface area contributed by atoms with Gasteiger partial charge in [-0.25, -0.2) is 4.98 Å². The molecule has 0 saturated carbocycles. The van der Waals surface area contributed by atoms with E-state index in [2.05, 4.69) is 20.5 Å². The lowest BCUT2D eigenvalue weighted by atomic mass is 10.3. The summed E-state index contributed by atoms with van der Waals surface area (Å²) < 4.78 is 4.71. The summed E-state index contributed by atoms with van der Waals surface area (Å²) in [7, 11) is 1.48. The van der Waals surface area contributed by atoms with Gasteiger partial charge in [0.2, 0.25) is 5.82 Å². The Kier molecular flexibility index (Phi) is 4.19. The van der Waals surface area contributed by atoms with Crippen LogP contribution >= 0.6 is 0 Å². The summed E-state index contributed by atoms with van der Waals surface area (Å²) >= 11 is 0. The molecule has 7 heteroatoms. The lowest BCUT2D eigenvalue weighted by Crippen LogP contribution is -2.34. The van der Waals surface area contributed by atoms with Crippen molar-refractivity contribution < 1.29 is 14.6 Å².